The Bertz CT molecular complexity index is 114. The third-order valence-electron chi connectivity index (χ3n) is 1.13. The fraction of sp³-hybridized carbons (Fsp3) is 0.833. The number of carbonyl (C=O) groups excluding carboxylic acids is 1. The van der Waals surface area contributed by atoms with E-state index in [-0.39, 0.29) is 18.8 Å². The number of ether oxygens (including phenoxy) is 1. The molecule has 1 rings (SSSR count). The smallest absolute Gasteiger partial charge is 0.305 e. The zero-order chi connectivity index (χ0) is 6.69. The number of cyclic esters (lactones) is 1. The van der Waals surface area contributed by atoms with Gasteiger partial charge in [0.1, 0.15) is 0 Å². The van der Waals surface area contributed by atoms with Gasteiger partial charge in [0.05, 0.1) is 6.61 Å². The van der Waals surface area contributed by atoms with Crippen LogP contribution in [0.4, 0.5) is 0 Å². The first kappa shape index (κ1) is 4.36. The predicted molar refractivity (Wildman–Crippen MR) is 29.4 cm³/mol. The molecule has 1 heterocycles. The van der Waals surface area contributed by atoms with Crippen molar-refractivity contribution < 1.29 is 10.9 Å². The van der Waals surface area contributed by atoms with Crippen LogP contribution in [0.3, 0.4) is 0 Å². The molecule has 0 aromatic heterocycles. The van der Waals surface area contributed by atoms with Crippen molar-refractivity contribution in [3.8, 4) is 0 Å². The summed E-state index contributed by atoms with van der Waals surface area (Å²) in [7, 11) is 0. The van der Waals surface area contributed by atoms with Crippen LogP contribution in [0, 0.1) is 0 Å². The van der Waals surface area contributed by atoms with Crippen molar-refractivity contribution in [2.75, 3.05) is 6.61 Å². The van der Waals surface area contributed by atoms with Crippen molar-refractivity contribution in [2.24, 2.45) is 0 Å². The standard InChI is InChI=1S/C6H10O2/c7-6-4-2-1-3-5-8-6/h1-5H2/i2D. The Morgan fingerprint density at radius 2 is 2.50 bits per heavy atom. The molecule has 46 valence electrons. The van der Waals surface area contributed by atoms with Gasteiger partial charge < -0.3 is 4.74 Å². The molecule has 0 aromatic rings. The van der Waals surface area contributed by atoms with E-state index in [2.05, 4.69) is 0 Å². The Balaban J connectivity index is 2.37. The minimum absolute atomic E-state index is 0.215. The maximum atomic E-state index is 10.6. The summed E-state index contributed by atoms with van der Waals surface area (Å²) in [6.45, 7) is 0.508. The maximum Gasteiger partial charge on any atom is 0.305 e. The fourth-order valence-corrected chi connectivity index (χ4v) is 0.693. The first-order valence-corrected chi connectivity index (χ1v) is 2.87. The summed E-state index contributed by atoms with van der Waals surface area (Å²) < 4.78 is 12.0. The van der Waals surface area contributed by atoms with Crippen molar-refractivity contribution in [1.29, 1.82) is 0 Å². The van der Waals surface area contributed by atoms with Gasteiger partial charge in [-0.05, 0) is 19.2 Å². The zero-order valence-corrected chi connectivity index (χ0v) is 4.72. The first-order chi connectivity index (χ1) is 4.29. The molecule has 0 N–H and O–H groups in total. The van der Waals surface area contributed by atoms with Gasteiger partial charge >= 0.3 is 5.97 Å². The topological polar surface area (TPSA) is 26.3 Å². The quantitative estimate of drug-likeness (QED) is 0.442. The molecule has 1 aliphatic heterocycles. The van der Waals surface area contributed by atoms with Crippen LogP contribution in [0.5, 0.6) is 0 Å². The van der Waals surface area contributed by atoms with Crippen LogP contribution in [0.2, 0.25) is 0 Å². The SMILES string of the molecule is [2H]C1CCCOC(=O)C1. The highest BCUT2D eigenvalue weighted by Gasteiger charge is 2.05. The van der Waals surface area contributed by atoms with Gasteiger partial charge in [0.15, 0.2) is 0 Å². The lowest BCUT2D eigenvalue weighted by molar-refractivity contribution is -0.142. The second-order valence-electron chi connectivity index (χ2n) is 1.86. The van der Waals surface area contributed by atoms with Crippen molar-refractivity contribution in [1.82, 2.24) is 0 Å². The largest absolute Gasteiger partial charge is 0.466 e. The molecule has 0 amide bonds. The van der Waals surface area contributed by atoms with E-state index >= 15 is 0 Å². The van der Waals surface area contributed by atoms with Crippen LogP contribution in [-0.4, -0.2) is 12.6 Å². The number of hydrogen-bond donors (Lipinski definition) is 0. The molecule has 1 saturated heterocycles. The molecule has 0 spiro atoms. The van der Waals surface area contributed by atoms with E-state index in [4.69, 9.17) is 6.11 Å². The van der Waals surface area contributed by atoms with Gasteiger partial charge in [-0.3, -0.25) is 4.79 Å². The molecule has 0 radical (unpaired) electrons. The molecule has 8 heavy (non-hydrogen) atoms. The van der Waals surface area contributed by atoms with Crippen molar-refractivity contribution in [3.05, 3.63) is 0 Å². The summed E-state index contributed by atoms with van der Waals surface area (Å²) in [5.41, 5.74) is 0. The molecule has 1 unspecified atom stereocenters. The third kappa shape index (κ3) is 1.52. The monoisotopic (exact) mass is 115 g/mol. The van der Waals surface area contributed by atoms with Crippen LogP contribution < -0.4 is 0 Å². The Kier molecular flexibility index (Phi) is 1.47. The molecule has 2 nitrogen and oxygen atoms in total. The molecule has 1 aliphatic rings. The summed E-state index contributed by atoms with van der Waals surface area (Å²) >= 11 is 0. The number of rotatable bonds is 0. The Morgan fingerprint density at radius 3 is 3.38 bits per heavy atom. The lowest BCUT2D eigenvalue weighted by Crippen LogP contribution is -2.00. The molecule has 0 bridgehead atoms. The minimum Gasteiger partial charge on any atom is -0.466 e. The highest BCUT2D eigenvalue weighted by Crippen LogP contribution is 2.06. The van der Waals surface area contributed by atoms with Gasteiger partial charge in [-0.25, -0.2) is 0 Å². The molecule has 0 aliphatic carbocycles. The van der Waals surface area contributed by atoms with Gasteiger partial charge in [-0.15, -0.1) is 0 Å². The maximum absolute atomic E-state index is 10.6. The van der Waals surface area contributed by atoms with Crippen molar-refractivity contribution >= 4 is 5.97 Å². The van der Waals surface area contributed by atoms with Gasteiger partial charge in [0.25, 0.3) is 0 Å². The number of esters is 1. The lowest BCUT2D eigenvalue weighted by Gasteiger charge is -1.93. The van der Waals surface area contributed by atoms with E-state index < -0.39 is 0 Å². The summed E-state index contributed by atoms with van der Waals surface area (Å²) in [4.78, 5) is 10.6. The van der Waals surface area contributed by atoms with Gasteiger partial charge in [0.2, 0.25) is 0 Å². The average molecular weight is 115 g/mol. The van der Waals surface area contributed by atoms with E-state index in [0.717, 1.165) is 12.8 Å². The Hall–Kier alpha value is -0.530. The highest BCUT2D eigenvalue weighted by atomic mass is 16.5. The molecule has 0 saturated carbocycles. The molecule has 2 heteroatoms. The van der Waals surface area contributed by atoms with Crippen LogP contribution >= 0.6 is 0 Å². The summed E-state index contributed by atoms with van der Waals surface area (Å²) in [5, 5.41) is 0. The second kappa shape index (κ2) is 2.70. The average Bonchev–Trinajstić information content (AvgIpc) is 1.93. The summed E-state index contributed by atoms with van der Waals surface area (Å²) in [6, 6.07) is 0. The second-order valence-corrected chi connectivity index (χ2v) is 1.86. The van der Waals surface area contributed by atoms with Crippen molar-refractivity contribution in [3.63, 3.8) is 0 Å². The number of hydrogen-bond acceptors (Lipinski definition) is 2. The normalized spacial score (nSPS) is 32.8. The Morgan fingerprint density at radius 1 is 1.62 bits per heavy atom. The van der Waals surface area contributed by atoms with Crippen LogP contribution in [-0.2, 0) is 9.53 Å². The van der Waals surface area contributed by atoms with Crippen LogP contribution in [0.25, 0.3) is 0 Å². The minimum atomic E-state index is -0.222. The number of carbonyl (C=O) groups is 1. The van der Waals surface area contributed by atoms with Crippen LogP contribution in [0.15, 0.2) is 0 Å². The predicted octanol–water partition coefficient (Wildman–Crippen LogP) is 1.10. The van der Waals surface area contributed by atoms with E-state index in [1.165, 1.54) is 0 Å². The van der Waals surface area contributed by atoms with Crippen LogP contribution in [0.1, 0.15) is 27.0 Å². The van der Waals surface area contributed by atoms with E-state index in [0.29, 0.717) is 6.61 Å². The van der Waals surface area contributed by atoms with Crippen molar-refractivity contribution in [2.45, 2.75) is 25.7 Å². The first-order valence-electron chi connectivity index (χ1n) is 3.44. The van der Waals surface area contributed by atoms with Gasteiger partial charge in [-0.2, -0.15) is 0 Å². The fourth-order valence-electron chi connectivity index (χ4n) is 0.693. The zero-order valence-electron chi connectivity index (χ0n) is 5.72. The molecule has 1 atom stereocenters. The molecule has 1 fully saturated rings. The molecular formula is C6H10O2. The Labute approximate surface area is 50.2 Å². The summed E-state index contributed by atoms with van der Waals surface area (Å²) in [5.74, 6) is -0.215. The van der Waals surface area contributed by atoms with Gasteiger partial charge in [-0.1, -0.05) is 0 Å². The lowest BCUT2D eigenvalue weighted by atomic mass is 10.2. The van der Waals surface area contributed by atoms with E-state index in [1.54, 1.807) is 0 Å². The van der Waals surface area contributed by atoms with E-state index in [1.807, 2.05) is 0 Å². The highest BCUT2D eigenvalue weighted by molar-refractivity contribution is 5.69. The van der Waals surface area contributed by atoms with Gasteiger partial charge in [0, 0.05) is 7.79 Å². The molecule has 0 aromatic carbocycles. The summed E-state index contributed by atoms with van der Waals surface area (Å²) in [6.07, 6.45) is 1.70. The van der Waals surface area contributed by atoms with E-state index in [9.17, 15) is 4.79 Å². The third-order valence-corrected chi connectivity index (χ3v) is 1.13. The molecular weight excluding hydrogens is 104 g/mol.